The van der Waals surface area contributed by atoms with E-state index in [4.69, 9.17) is 11.0 Å². The molecule has 0 aliphatic carbocycles. The number of carbonyl (C=O) groups excluding carboxylic acids is 1. The lowest BCUT2D eigenvalue weighted by Gasteiger charge is -2.11. The number of thiophene rings is 1. The minimum Gasteiger partial charge on any atom is -0.320 e. The molecule has 0 spiro atoms. The molecule has 4 nitrogen and oxygen atoms in total. The van der Waals surface area contributed by atoms with Crippen LogP contribution in [-0.2, 0) is 11.2 Å². The van der Waals surface area contributed by atoms with Crippen LogP contribution in [0.15, 0.2) is 41.8 Å². The molecule has 2 aromatic rings. The van der Waals surface area contributed by atoms with Crippen molar-refractivity contribution < 1.29 is 4.79 Å². The summed E-state index contributed by atoms with van der Waals surface area (Å²) in [7, 11) is 0. The van der Waals surface area contributed by atoms with Crippen molar-refractivity contribution in [2.75, 3.05) is 5.32 Å². The first-order valence-electron chi connectivity index (χ1n) is 6.28. The number of rotatable bonds is 5. The second kappa shape index (κ2) is 6.85. The van der Waals surface area contributed by atoms with Gasteiger partial charge in [-0.3, -0.25) is 4.79 Å². The summed E-state index contributed by atoms with van der Waals surface area (Å²) >= 11 is 1.32. The van der Waals surface area contributed by atoms with Crippen LogP contribution < -0.4 is 11.1 Å². The largest absolute Gasteiger partial charge is 0.320 e. The Morgan fingerprint density at radius 1 is 1.35 bits per heavy atom. The highest BCUT2D eigenvalue weighted by atomic mass is 32.1. The zero-order chi connectivity index (χ0) is 14.4. The Labute approximate surface area is 121 Å². The van der Waals surface area contributed by atoms with Gasteiger partial charge in [0.2, 0.25) is 5.91 Å². The molecule has 0 aliphatic rings. The monoisotopic (exact) mass is 285 g/mol. The van der Waals surface area contributed by atoms with Crippen LogP contribution in [0.2, 0.25) is 0 Å². The van der Waals surface area contributed by atoms with Crippen LogP contribution >= 0.6 is 11.3 Å². The lowest BCUT2D eigenvalue weighted by atomic mass is 10.1. The quantitative estimate of drug-likeness (QED) is 0.886. The third-order valence-electron chi connectivity index (χ3n) is 2.95. The van der Waals surface area contributed by atoms with Gasteiger partial charge < -0.3 is 11.1 Å². The van der Waals surface area contributed by atoms with E-state index in [0.717, 1.165) is 12.0 Å². The van der Waals surface area contributed by atoms with Crippen molar-refractivity contribution >= 4 is 22.2 Å². The minimum absolute atomic E-state index is 0.250. The van der Waals surface area contributed by atoms with Crippen molar-refractivity contribution in [1.29, 1.82) is 5.26 Å². The van der Waals surface area contributed by atoms with Gasteiger partial charge in [-0.25, -0.2) is 0 Å². The fourth-order valence-electron chi connectivity index (χ4n) is 1.80. The van der Waals surface area contributed by atoms with Crippen LogP contribution in [-0.4, -0.2) is 11.9 Å². The second-order valence-electron chi connectivity index (χ2n) is 4.40. The highest BCUT2D eigenvalue weighted by Gasteiger charge is 2.15. The molecule has 1 atom stereocenters. The summed E-state index contributed by atoms with van der Waals surface area (Å²) < 4.78 is 0. The summed E-state index contributed by atoms with van der Waals surface area (Å²) in [6.07, 6.45) is 1.33. The molecule has 0 fully saturated rings. The summed E-state index contributed by atoms with van der Waals surface area (Å²) in [6.45, 7) is 0. The number of anilines is 1. The topological polar surface area (TPSA) is 78.9 Å². The van der Waals surface area contributed by atoms with Gasteiger partial charge in [-0.1, -0.05) is 30.3 Å². The molecule has 0 saturated heterocycles. The molecule has 1 aromatic heterocycles. The van der Waals surface area contributed by atoms with Crippen LogP contribution in [0.4, 0.5) is 5.00 Å². The Hall–Kier alpha value is -2.16. The molecule has 0 unspecified atom stereocenters. The first kappa shape index (κ1) is 14.3. The number of aryl methyl sites for hydroxylation is 1. The SMILES string of the molecule is N#Cc1ccsc1NC(=O)[C@@H](N)CCc1ccccc1. The van der Waals surface area contributed by atoms with Crippen molar-refractivity contribution in [3.05, 3.63) is 52.9 Å². The number of nitrogens with two attached hydrogens (primary N) is 1. The van der Waals surface area contributed by atoms with Gasteiger partial charge in [0, 0.05) is 0 Å². The van der Waals surface area contributed by atoms with Gasteiger partial charge in [0.25, 0.3) is 0 Å². The standard InChI is InChI=1S/C15H15N3OS/c16-10-12-8-9-20-15(12)18-14(19)13(17)7-6-11-4-2-1-3-5-11/h1-5,8-9,13H,6-7,17H2,(H,18,19)/t13-/m0/s1. The van der Waals surface area contributed by atoms with Crippen LogP contribution in [0, 0.1) is 11.3 Å². The van der Waals surface area contributed by atoms with Crippen molar-refractivity contribution in [3.63, 3.8) is 0 Å². The molecule has 102 valence electrons. The van der Waals surface area contributed by atoms with Gasteiger partial charge in [0.1, 0.15) is 11.1 Å². The Morgan fingerprint density at radius 3 is 2.80 bits per heavy atom. The molecule has 5 heteroatoms. The molecule has 2 rings (SSSR count). The van der Waals surface area contributed by atoms with E-state index in [0.29, 0.717) is 17.0 Å². The predicted molar refractivity (Wildman–Crippen MR) is 80.4 cm³/mol. The van der Waals surface area contributed by atoms with Gasteiger partial charge in [-0.2, -0.15) is 5.26 Å². The van der Waals surface area contributed by atoms with E-state index in [1.807, 2.05) is 36.4 Å². The molecule has 20 heavy (non-hydrogen) atoms. The van der Waals surface area contributed by atoms with Gasteiger partial charge in [-0.15, -0.1) is 11.3 Å². The third-order valence-corrected chi connectivity index (χ3v) is 3.78. The van der Waals surface area contributed by atoms with Crippen LogP contribution in [0.1, 0.15) is 17.5 Å². The number of hydrogen-bond acceptors (Lipinski definition) is 4. The fourth-order valence-corrected chi connectivity index (χ4v) is 2.54. The third kappa shape index (κ3) is 3.67. The van der Waals surface area contributed by atoms with E-state index in [2.05, 4.69) is 5.32 Å². The number of amides is 1. The summed E-state index contributed by atoms with van der Waals surface area (Å²) in [5.41, 5.74) is 7.51. The van der Waals surface area contributed by atoms with Gasteiger partial charge in [0.05, 0.1) is 11.6 Å². The van der Waals surface area contributed by atoms with Crippen LogP contribution in [0.3, 0.4) is 0 Å². The molecule has 1 aromatic carbocycles. The summed E-state index contributed by atoms with van der Waals surface area (Å²) in [5, 5.41) is 13.9. The number of nitriles is 1. The van der Waals surface area contributed by atoms with Crippen molar-refractivity contribution in [2.45, 2.75) is 18.9 Å². The summed E-state index contributed by atoms with van der Waals surface area (Å²) in [4.78, 5) is 12.0. The molecule has 3 N–H and O–H groups in total. The summed E-state index contributed by atoms with van der Waals surface area (Å²) in [6, 6.07) is 13.0. The summed E-state index contributed by atoms with van der Waals surface area (Å²) in [5.74, 6) is -0.250. The highest BCUT2D eigenvalue weighted by Crippen LogP contribution is 2.22. The van der Waals surface area contributed by atoms with Gasteiger partial charge >= 0.3 is 0 Å². The average Bonchev–Trinajstić information content (AvgIpc) is 2.93. The lowest BCUT2D eigenvalue weighted by molar-refractivity contribution is -0.117. The van der Waals surface area contributed by atoms with E-state index in [1.54, 1.807) is 11.4 Å². The van der Waals surface area contributed by atoms with Crippen molar-refractivity contribution in [2.24, 2.45) is 5.73 Å². The van der Waals surface area contributed by atoms with Crippen molar-refractivity contribution in [3.8, 4) is 6.07 Å². The number of benzene rings is 1. The molecular formula is C15H15N3OS. The highest BCUT2D eigenvalue weighted by molar-refractivity contribution is 7.14. The Bertz CT molecular complexity index is 616. The van der Waals surface area contributed by atoms with E-state index in [1.165, 1.54) is 11.3 Å². The normalized spacial score (nSPS) is 11.6. The Kier molecular flexibility index (Phi) is 4.88. The average molecular weight is 285 g/mol. The van der Waals surface area contributed by atoms with Gasteiger partial charge in [0.15, 0.2) is 0 Å². The first-order chi connectivity index (χ1) is 9.70. The Balaban J connectivity index is 1.88. The number of carbonyl (C=O) groups is 1. The predicted octanol–water partition coefficient (Wildman–Crippen LogP) is 2.52. The lowest BCUT2D eigenvalue weighted by Crippen LogP contribution is -2.35. The zero-order valence-electron chi connectivity index (χ0n) is 10.9. The van der Waals surface area contributed by atoms with Gasteiger partial charge in [-0.05, 0) is 29.9 Å². The maximum absolute atomic E-state index is 12.0. The molecule has 1 heterocycles. The zero-order valence-corrected chi connectivity index (χ0v) is 11.7. The van der Waals surface area contributed by atoms with E-state index in [-0.39, 0.29) is 5.91 Å². The molecule has 1 amide bonds. The van der Waals surface area contributed by atoms with E-state index >= 15 is 0 Å². The fraction of sp³-hybridized carbons (Fsp3) is 0.200. The number of nitrogens with zero attached hydrogens (tertiary/aromatic N) is 1. The number of hydrogen-bond donors (Lipinski definition) is 2. The molecule has 0 radical (unpaired) electrons. The second-order valence-corrected chi connectivity index (χ2v) is 5.31. The van der Waals surface area contributed by atoms with E-state index < -0.39 is 6.04 Å². The van der Waals surface area contributed by atoms with Crippen LogP contribution in [0.25, 0.3) is 0 Å². The number of nitrogens with one attached hydrogen (secondary N) is 1. The maximum Gasteiger partial charge on any atom is 0.241 e. The first-order valence-corrected chi connectivity index (χ1v) is 7.16. The van der Waals surface area contributed by atoms with Crippen molar-refractivity contribution in [1.82, 2.24) is 0 Å². The molecule has 0 aliphatic heterocycles. The molecule has 0 saturated carbocycles. The van der Waals surface area contributed by atoms with E-state index in [9.17, 15) is 4.79 Å². The molecule has 0 bridgehead atoms. The smallest absolute Gasteiger partial charge is 0.241 e. The maximum atomic E-state index is 12.0. The molecular weight excluding hydrogens is 270 g/mol. The Morgan fingerprint density at radius 2 is 2.10 bits per heavy atom. The van der Waals surface area contributed by atoms with Crippen LogP contribution in [0.5, 0.6) is 0 Å². The minimum atomic E-state index is -0.580.